The Labute approximate surface area is 84.1 Å². The summed E-state index contributed by atoms with van der Waals surface area (Å²) in [7, 11) is 0. The lowest BCUT2D eigenvalue weighted by molar-refractivity contribution is -0.385. The minimum atomic E-state index is -3.14. The van der Waals surface area contributed by atoms with E-state index in [0.29, 0.717) is 0 Å². The number of nitrogens with two attached hydrogens (primary N) is 1. The summed E-state index contributed by atoms with van der Waals surface area (Å²) in [6.45, 7) is -0.175. The third-order valence-corrected chi connectivity index (χ3v) is 1.79. The summed E-state index contributed by atoms with van der Waals surface area (Å²) in [5.41, 5.74) is 4.20. The number of hydrogen-bond donors (Lipinski definition) is 1. The maximum Gasteiger partial charge on any atom is 0.290 e. The molecular formula is C8H9F2N3O2. The molecule has 0 spiro atoms. The van der Waals surface area contributed by atoms with Gasteiger partial charge in [0.1, 0.15) is 11.9 Å². The number of nitrogens with zero attached hydrogens (tertiary/aromatic N) is 2. The minimum Gasteiger partial charge on any atom is -0.330 e. The van der Waals surface area contributed by atoms with Gasteiger partial charge in [-0.05, 0) is 12.6 Å². The van der Waals surface area contributed by atoms with Gasteiger partial charge >= 0.3 is 0 Å². The molecule has 0 atom stereocenters. The summed E-state index contributed by atoms with van der Waals surface area (Å²) in [5.74, 6) is -3.14. The predicted molar refractivity (Wildman–Crippen MR) is 48.5 cm³/mol. The molecule has 7 heteroatoms. The van der Waals surface area contributed by atoms with Crippen molar-refractivity contribution in [3.63, 3.8) is 0 Å². The number of rotatable bonds is 4. The topological polar surface area (TPSA) is 82.0 Å². The van der Waals surface area contributed by atoms with E-state index in [1.807, 2.05) is 0 Å². The third kappa shape index (κ3) is 2.66. The van der Waals surface area contributed by atoms with Crippen molar-refractivity contribution in [2.75, 3.05) is 6.54 Å². The molecule has 2 N–H and O–H groups in total. The minimum absolute atomic E-state index is 0.175. The number of alkyl halides is 2. The Morgan fingerprint density at radius 1 is 1.53 bits per heavy atom. The number of hydrogen-bond acceptors (Lipinski definition) is 4. The van der Waals surface area contributed by atoms with Crippen LogP contribution in [0.25, 0.3) is 0 Å². The largest absolute Gasteiger partial charge is 0.330 e. The van der Waals surface area contributed by atoms with Gasteiger partial charge in [0.2, 0.25) is 0 Å². The van der Waals surface area contributed by atoms with Gasteiger partial charge < -0.3 is 5.73 Å². The van der Waals surface area contributed by atoms with E-state index < -0.39 is 23.0 Å². The summed E-state index contributed by atoms with van der Waals surface area (Å²) >= 11 is 0. The smallest absolute Gasteiger partial charge is 0.290 e. The van der Waals surface area contributed by atoms with Crippen LogP contribution in [0.2, 0.25) is 0 Å². The molecule has 0 radical (unpaired) electrons. The van der Waals surface area contributed by atoms with Gasteiger partial charge in [0.05, 0.1) is 4.92 Å². The quantitative estimate of drug-likeness (QED) is 0.610. The Morgan fingerprint density at radius 3 is 2.60 bits per heavy atom. The highest BCUT2D eigenvalue weighted by atomic mass is 19.3. The first kappa shape index (κ1) is 11.4. The molecule has 1 heterocycles. The molecule has 0 aromatic carbocycles. The molecule has 1 aromatic heterocycles. The third-order valence-electron chi connectivity index (χ3n) is 1.79. The number of pyridine rings is 1. The first-order valence-electron chi connectivity index (χ1n) is 4.16. The van der Waals surface area contributed by atoms with Crippen LogP contribution in [-0.4, -0.2) is 16.5 Å². The van der Waals surface area contributed by atoms with Crippen LogP contribution in [0.1, 0.15) is 12.1 Å². The maximum atomic E-state index is 13.2. The van der Waals surface area contributed by atoms with Gasteiger partial charge in [0.25, 0.3) is 11.6 Å². The second kappa shape index (κ2) is 4.26. The molecule has 0 aliphatic rings. The summed E-state index contributed by atoms with van der Waals surface area (Å²) < 4.78 is 26.4. The second-order valence-corrected chi connectivity index (χ2v) is 2.90. The lowest BCUT2D eigenvalue weighted by Gasteiger charge is -2.13. The molecule has 0 aliphatic heterocycles. The van der Waals surface area contributed by atoms with Crippen molar-refractivity contribution in [2.45, 2.75) is 12.3 Å². The summed E-state index contributed by atoms with van der Waals surface area (Å²) in [5, 5.41) is 10.2. The molecule has 15 heavy (non-hydrogen) atoms. The van der Waals surface area contributed by atoms with Crippen molar-refractivity contribution < 1.29 is 13.7 Å². The molecule has 0 bridgehead atoms. The van der Waals surface area contributed by atoms with Gasteiger partial charge in [-0.15, -0.1) is 0 Å². The van der Waals surface area contributed by atoms with Crippen LogP contribution >= 0.6 is 0 Å². The van der Waals surface area contributed by atoms with Crippen LogP contribution in [-0.2, 0) is 5.92 Å². The summed E-state index contributed by atoms with van der Waals surface area (Å²) in [4.78, 5) is 12.9. The lowest BCUT2D eigenvalue weighted by atomic mass is 10.1. The Balaban J connectivity index is 2.93. The predicted octanol–water partition coefficient (Wildman–Crippen LogP) is 1.43. The van der Waals surface area contributed by atoms with E-state index in [1.54, 1.807) is 0 Å². The van der Waals surface area contributed by atoms with Crippen LogP contribution in [0.15, 0.2) is 18.3 Å². The van der Waals surface area contributed by atoms with Crippen molar-refractivity contribution in [2.24, 2.45) is 5.73 Å². The Bertz CT molecular complexity index is 353. The highest BCUT2D eigenvalue weighted by Crippen LogP contribution is 2.29. The van der Waals surface area contributed by atoms with Crippen molar-refractivity contribution in [3.05, 3.63) is 34.1 Å². The molecule has 0 saturated heterocycles. The highest BCUT2D eigenvalue weighted by Gasteiger charge is 2.32. The van der Waals surface area contributed by atoms with E-state index in [2.05, 4.69) is 4.98 Å². The van der Waals surface area contributed by atoms with Crippen LogP contribution in [0, 0.1) is 10.1 Å². The molecule has 1 aromatic rings. The fourth-order valence-corrected chi connectivity index (χ4v) is 1.02. The zero-order valence-electron chi connectivity index (χ0n) is 7.69. The van der Waals surface area contributed by atoms with Gasteiger partial charge in [0, 0.05) is 12.5 Å². The van der Waals surface area contributed by atoms with Gasteiger partial charge in [-0.3, -0.25) is 10.1 Å². The van der Waals surface area contributed by atoms with Crippen molar-refractivity contribution >= 4 is 5.69 Å². The lowest BCUT2D eigenvalue weighted by Crippen LogP contribution is -2.19. The average molecular weight is 217 g/mol. The fourth-order valence-electron chi connectivity index (χ4n) is 1.02. The molecule has 5 nitrogen and oxygen atoms in total. The Morgan fingerprint density at radius 2 is 2.20 bits per heavy atom. The van der Waals surface area contributed by atoms with E-state index in [0.717, 1.165) is 18.3 Å². The molecule has 0 unspecified atom stereocenters. The summed E-state index contributed by atoms with van der Waals surface area (Å²) in [6.07, 6.45) is 0.275. The van der Waals surface area contributed by atoms with E-state index in [4.69, 9.17) is 5.73 Å². The standard InChI is InChI=1S/C8H9F2N3O2/c9-8(10,3-4-11)7-2-1-6(5-12-7)13(14)15/h1-2,5H,3-4,11H2. The number of aromatic nitrogens is 1. The molecule has 0 aliphatic carbocycles. The maximum absolute atomic E-state index is 13.2. The normalized spacial score (nSPS) is 11.4. The van der Waals surface area contributed by atoms with Crippen molar-refractivity contribution in [1.82, 2.24) is 4.98 Å². The second-order valence-electron chi connectivity index (χ2n) is 2.90. The molecule has 0 fully saturated rings. The molecule has 0 amide bonds. The Hall–Kier alpha value is -1.63. The number of halogens is 2. The first-order valence-corrected chi connectivity index (χ1v) is 4.16. The molecule has 0 saturated carbocycles. The fraction of sp³-hybridized carbons (Fsp3) is 0.375. The van der Waals surface area contributed by atoms with Crippen LogP contribution in [0.4, 0.5) is 14.5 Å². The summed E-state index contributed by atoms with van der Waals surface area (Å²) in [6, 6.07) is 1.93. The van der Waals surface area contributed by atoms with Crippen LogP contribution in [0.5, 0.6) is 0 Å². The van der Waals surface area contributed by atoms with E-state index in [9.17, 15) is 18.9 Å². The van der Waals surface area contributed by atoms with Gasteiger partial charge in [0.15, 0.2) is 0 Å². The van der Waals surface area contributed by atoms with Crippen LogP contribution < -0.4 is 5.73 Å². The van der Waals surface area contributed by atoms with E-state index in [-0.39, 0.29) is 12.2 Å². The highest BCUT2D eigenvalue weighted by molar-refractivity contribution is 5.28. The Kier molecular flexibility index (Phi) is 3.25. The molecule has 82 valence electrons. The molecule has 1 rings (SSSR count). The zero-order valence-corrected chi connectivity index (χ0v) is 7.69. The van der Waals surface area contributed by atoms with Crippen molar-refractivity contribution in [3.8, 4) is 0 Å². The zero-order chi connectivity index (χ0) is 11.5. The van der Waals surface area contributed by atoms with E-state index in [1.165, 1.54) is 0 Å². The van der Waals surface area contributed by atoms with Gasteiger partial charge in [-0.1, -0.05) is 0 Å². The van der Waals surface area contributed by atoms with Gasteiger partial charge in [-0.25, -0.2) is 4.98 Å². The van der Waals surface area contributed by atoms with E-state index >= 15 is 0 Å². The monoisotopic (exact) mass is 217 g/mol. The van der Waals surface area contributed by atoms with Gasteiger partial charge in [-0.2, -0.15) is 8.78 Å². The number of nitro groups is 1. The first-order chi connectivity index (χ1) is 6.97. The average Bonchev–Trinajstić information content (AvgIpc) is 2.18. The van der Waals surface area contributed by atoms with Crippen LogP contribution in [0.3, 0.4) is 0 Å². The SMILES string of the molecule is NCCC(F)(F)c1ccc([N+](=O)[O-])cn1. The van der Waals surface area contributed by atoms with Crippen molar-refractivity contribution in [1.29, 1.82) is 0 Å². The molecular weight excluding hydrogens is 208 g/mol.